The smallest absolute Gasteiger partial charge is 0.255 e. The molecule has 224 valence electrons. The second-order valence-electron chi connectivity index (χ2n) is 11.6. The number of likely N-dealkylation sites (N-methyl/N-ethyl adjacent to an activating group) is 1. The first kappa shape index (κ1) is 27.8. The Kier molecular flexibility index (Phi) is 7.81. The molecule has 7 rings (SSSR count). The summed E-state index contributed by atoms with van der Waals surface area (Å²) in [7, 11) is 2.17. The fraction of sp³-hybridized carbons (Fsp3) is 0.294. The minimum Gasteiger partial charge on any atom is -0.369 e. The van der Waals surface area contributed by atoms with E-state index < -0.39 is 0 Å². The van der Waals surface area contributed by atoms with Crippen molar-refractivity contribution in [3.8, 4) is 0 Å². The number of aromatic nitrogens is 4. The van der Waals surface area contributed by atoms with E-state index in [1.807, 2.05) is 42.5 Å². The Hall–Kier alpha value is -4.96. The van der Waals surface area contributed by atoms with Crippen LogP contribution >= 0.6 is 0 Å². The van der Waals surface area contributed by atoms with Gasteiger partial charge in [-0.15, -0.1) is 0 Å². The summed E-state index contributed by atoms with van der Waals surface area (Å²) in [5.74, 6) is 1.12. The van der Waals surface area contributed by atoms with Crippen LogP contribution in [0.15, 0.2) is 85.1 Å². The van der Waals surface area contributed by atoms with Crippen LogP contribution in [0.3, 0.4) is 0 Å². The fourth-order valence-corrected chi connectivity index (χ4v) is 6.09. The van der Waals surface area contributed by atoms with Crippen LogP contribution in [0, 0.1) is 0 Å². The Morgan fingerprint density at radius 1 is 0.795 bits per heavy atom. The summed E-state index contributed by atoms with van der Waals surface area (Å²) in [5.41, 5.74) is 5.88. The van der Waals surface area contributed by atoms with Gasteiger partial charge in [-0.1, -0.05) is 37.1 Å². The molecule has 1 aliphatic carbocycles. The fourth-order valence-electron chi connectivity index (χ4n) is 6.09. The first-order valence-corrected chi connectivity index (χ1v) is 15.4. The molecule has 0 unspecified atom stereocenters. The number of carbonyl (C=O) groups excluding carboxylic acids is 1. The number of fused-ring (bicyclic) bond motifs is 1. The van der Waals surface area contributed by atoms with Crippen molar-refractivity contribution >= 4 is 51.7 Å². The van der Waals surface area contributed by atoms with Crippen LogP contribution in [0.25, 0.3) is 11.2 Å². The number of piperazine rings is 1. The Morgan fingerprint density at radius 3 is 2.32 bits per heavy atom. The highest BCUT2D eigenvalue weighted by Gasteiger charge is 2.24. The number of nitrogens with zero attached hydrogens (tertiary/aromatic N) is 6. The summed E-state index contributed by atoms with van der Waals surface area (Å²) < 4.78 is 2.22. The second kappa shape index (κ2) is 12.3. The normalized spacial score (nSPS) is 15.9. The number of hydrogen-bond donors (Lipinski definition) is 3. The summed E-state index contributed by atoms with van der Waals surface area (Å²) in [6.07, 6.45) is 6.30. The van der Waals surface area contributed by atoms with E-state index in [4.69, 9.17) is 9.97 Å². The quantitative estimate of drug-likeness (QED) is 0.191. The molecular formula is C34H37N9O. The molecule has 10 nitrogen and oxygen atoms in total. The molecule has 0 atom stereocenters. The van der Waals surface area contributed by atoms with E-state index in [0.717, 1.165) is 67.5 Å². The third-order valence-corrected chi connectivity index (χ3v) is 8.53. The van der Waals surface area contributed by atoms with Crippen LogP contribution in [0.1, 0.15) is 42.1 Å². The lowest BCUT2D eigenvalue weighted by atomic mass is 10.2. The third kappa shape index (κ3) is 6.07. The van der Waals surface area contributed by atoms with Gasteiger partial charge in [0.1, 0.15) is 5.52 Å². The van der Waals surface area contributed by atoms with Crippen LogP contribution in [-0.4, -0.2) is 63.6 Å². The Balaban J connectivity index is 1.12. The molecule has 1 saturated carbocycles. The zero-order valence-electron chi connectivity index (χ0n) is 24.9. The average molecular weight is 588 g/mol. The topological polar surface area (TPSA) is 103 Å². The highest BCUT2D eigenvalue weighted by molar-refractivity contribution is 6.04. The monoisotopic (exact) mass is 587 g/mol. The largest absolute Gasteiger partial charge is 0.369 e. The highest BCUT2D eigenvalue weighted by Crippen LogP contribution is 2.36. The van der Waals surface area contributed by atoms with Gasteiger partial charge in [-0.05, 0) is 74.5 Å². The van der Waals surface area contributed by atoms with E-state index >= 15 is 0 Å². The molecule has 0 radical (unpaired) electrons. The van der Waals surface area contributed by atoms with Gasteiger partial charge in [0, 0.05) is 60.5 Å². The minimum atomic E-state index is -0.148. The lowest BCUT2D eigenvalue weighted by Crippen LogP contribution is -2.44. The molecule has 3 N–H and O–H groups in total. The van der Waals surface area contributed by atoms with Crippen LogP contribution in [-0.2, 0) is 0 Å². The zero-order valence-corrected chi connectivity index (χ0v) is 24.9. The molecular weight excluding hydrogens is 550 g/mol. The number of rotatable bonds is 8. The number of hydrogen-bond acceptors (Lipinski definition) is 8. The minimum absolute atomic E-state index is 0.148. The maximum absolute atomic E-state index is 12.7. The molecule has 3 heterocycles. The maximum Gasteiger partial charge on any atom is 0.255 e. The Morgan fingerprint density at radius 2 is 1.55 bits per heavy atom. The predicted octanol–water partition coefficient (Wildman–Crippen LogP) is 6.43. The summed E-state index contributed by atoms with van der Waals surface area (Å²) in [6, 6.07) is 25.7. The van der Waals surface area contributed by atoms with E-state index in [0.29, 0.717) is 23.2 Å². The van der Waals surface area contributed by atoms with E-state index in [2.05, 4.69) is 66.6 Å². The van der Waals surface area contributed by atoms with Crippen LogP contribution < -0.4 is 20.9 Å². The average Bonchev–Trinajstić information content (AvgIpc) is 3.70. The van der Waals surface area contributed by atoms with Gasteiger partial charge in [0.25, 0.3) is 5.91 Å². The maximum atomic E-state index is 12.7. The van der Waals surface area contributed by atoms with Gasteiger partial charge in [0.2, 0.25) is 11.9 Å². The Bertz CT molecular complexity index is 1740. The summed E-state index contributed by atoms with van der Waals surface area (Å²) >= 11 is 0. The zero-order chi connectivity index (χ0) is 29.9. The van der Waals surface area contributed by atoms with Gasteiger partial charge in [-0.2, -0.15) is 4.98 Å². The van der Waals surface area contributed by atoms with E-state index in [1.165, 1.54) is 18.5 Å². The summed E-state index contributed by atoms with van der Waals surface area (Å²) in [4.78, 5) is 32.0. The predicted molar refractivity (Wildman–Crippen MR) is 176 cm³/mol. The van der Waals surface area contributed by atoms with E-state index in [9.17, 15) is 4.79 Å². The lowest BCUT2D eigenvalue weighted by Gasteiger charge is -2.34. The number of carbonyl (C=O) groups is 1. The number of imidazole rings is 1. The molecule has 1 amide bonds. The molecule has 0 bridgehead atoms. The standard InChI is InChI=1S/C34H37N9O/c1-41-18-20-42(21-19-41)28-16-14-25(15-17-28)37-33-35-23-30-31(40-33)43(29-12-5-6-13-29)34(39-30)38-27-11-7-10-26(22-27)36-32(44)24-8-3-2-4-9-24/h2-4,7-11,14-17,22-23,29H,5-6,12-13,18-21H2,1H3,(H,36,44)(H,38,39)(H,35,37,40). The van der Waals surface area contributed by atoms with Crippen molar-refractivity contribution in [3.63, 3.8) is 0 Å². The van der Waals surface area contributed by atoms with Gasteiger partial charge in [0.15, 0.2) is 5.65 Å². The van der Waals surface area contributed by atoms with Crippen LogP contribution in [0.4, 0.5) is 34.6 Å². The lowest BCUT2D eigenvalue weighted by molar-refractivity contribution is 0.102. The van der Waals surface area contributed by atoms with Crippen LogP contribution in [0.5, 0.6) is 0 Å². The molecule has 1 saturated heterocycles. The van der Waals surface area contributed by atoms with Crippen LogP contribution in [0.2, 0.25) is 0 Å². The van der Waals surface area contributed by atoms with Crippen molar-refractivity contribution in [2.75, 3.05) is 54.1 Å². The van der Waals surface area contributed by atoms with Gasteiger partial charge in [-0.25, -0.2) is 9.97 Å². The first-order chi connectivity index (χ1) is 21.6. The first-order valence-electron chi connectivity index (χ1n) is 15.4. The number of anilines is 6. The molecule has 0 spiro atoms. The van der Waals surface area contributed by atoms with Crippen molar-refractivity contribution in [2.45, 2.75) is 31.7 Å². The summed E-state index contributed by atoms with van der Waals surface area (Å²) in [6.45, 7) is 4.24. The van der Waals surface area contributed by atoms with Crippen molar-refractivity contribution in [1.82, 2.24) is 24.4 Å². The van der Waals surface area contributed by atoms with E-state index in [1.54, 1.807) is 18.3 Å². The van der Waals surface area contributed by atoms with Crippen molar-refractivity contribution in [3.05, 3.63) is 90.6 Å². The van der Waals surface area contributed by atoms with Gasteiger partial charge in [-0.3, -0.25) is 9.36 Å². The van der Waals surface area contributed by atoms with Crippen molar-refractivity contribution in [2.24, 2.45) is 0 Å². The number of nitrogens with one attached hydrogen (secondary N) is 3. The van der Waals surface area contributed by atoms with E-state index in [-0.39, 0.29) is 5.91 Å². The van der Waals surface area contributed by atoms with Crippen molar-refractivity contribution in [1.29, 1.82) is 0 Å². The molecule has 2 fully saturated rings. The van der Waals surface area contributed by atoms with Gasteiger partial charge >= 0.3 is 0 Å². The number of amides is 1. The van der Waals surface area contributed by atoms with Gasteiger partial charge < -0.3 is 25.8 Å². The second-order valence-corrected chi connectivity index (χ2v) is 11.6. The molecule has 2 aliphatic rings. The summed E-state index contributed by atoms with van der Waals surface area (Å²) in [5, 5.41) is 9.90. The molecule has 2 aromatic heterocycles. The number of benzene rings is 3. The molecule has 10 heteroatoms. The third-order valence-electron chi connectivity index (χ3n) is 8.53. The van der Waals surface area contributed by atoms with Crippen molar-refractivity contribution < 1.29 is 4.79 Å². The molecule has 1 aliphatic heterocycles. The molecule has 3 aromatic carbocycles. The Labute approximate surface area is 257 Å². The van der Waals surface area contributed by atoms with Gasteiger partial charge in [0.05, 0.1) is 6.20 Å². The molecule has 44 heavy (non-hydrogen) atoms. The molecule has 5 aromatic rings. The SMILES string of the molecule is CN1CCN(c2ccc(Nc3ncc4nc(Nc5cccc(NC(=O)c6ccccc6)c5)n(C5CCCC5)c4n3)cc2)CC1. The highest BCUT2D eigenvalue weighted by atomic mass is 16.1.